The molecule has 1 aliphatic rings. The third-order valence-corrected chi connectivity index (χ3v) is 5.17. The number of carbonyl (C=O) groups is 2. The minimum atomic E-state index is -0.137. The molecule has 148 valence electrons. The van der Waals surface area contributed by atoms with Crippen LogP contribution in [0.2, 0.25) is 0 Å². The van der Waals surface area contributed by atoms with Crippen LogP contribution in [0.1, 0.15) is 34.3 Å². The quantitative estimate of drug-likeness (QED) is 0.798. The lowest BCUT2D eigenvalue weighted by Crippen LogP contribution is -2.46. The average molecular weight is 380 g/mol. The largest absolute Gasteiger partial charge is 0.490 e. The van der Waals surface area contributed by atoms with Gasteiger partial charge in [0, 0.05) is 38.5 Å². The van der Waals surface area contributed by atoms with Crippen LogP contribution in [-0.2, 0) is 4.79 Å². The zero-order chi connectivity index (χ0) is 20.1. The van der Waals surface area contributed by atoms with E-state index in [9.17, 15) is 9.59 Å². The maximum absolute atomic E-state index is 12.6. The maximum Gasteiger partial charge on any atom is 0.254 e. The van der Waals surface area contributed by atoms with Gasteiger partial charge in [0.1, 0.15) is 11.9 Å². The lowest BCUT2D eigenvalue weighted by atomic mass is 10.1. The van der Waals surface area contributed by atoms with Crippen LogP contribution in [0, 0.1) is 13.8 Å². The summed E-state index contributed by atoms with van der Waals surface area (Å²) in [4.78, 5) is 28.3. The lowest BCUT2D eigenvalue weighted by molar-refractivity contribution is -0.133. The van der Waals surface area contributed by atoms with Crippen LogP contribution in [0.4, 0.5) is 0 Å². The summed E-state index contributed by atoms with van der Waals surface area (Å²) >= 11 is 0. The fraction of sp³-hybridized carbons (Fsp3) is 0.391. The Morgan fingerprint density at radius 2 is 1.75 bits per heavy atom. The highest BCUT2D eigenvalue weighted by molar-refractivity contribution is 5.96. The first-order chi connectivity index (χ1) is 13.4. The van der Waals surface area contributed by atoms with Crippen LogP contribution < -0.4 is 4.74 Å². The van der Waals surface area contributed by atoms with Crippen LogP contribution in [0.15, 0.2) is 48.5 Å². The third-order valence-electron chi connectivity index (χ3n) is 5.17. The molecule has 0 atom stereocenters. The Morgan fingerprint density at radius 1 is 1.07 bits per heavy atom. The van der Waals surface area contributed by atoms with Gasteiger partial charge in [-0.25, -0.2) is 0 Å². The third kappa shape index (κ3) is 4.91. The van der Waals surface area contributed by atoms with Gasteiger partial charge in [-0.2, -0.15) is 0 Å². The smallest absolute Gasteiger partial charge is 0.254 e. The number of likely N-dealkylation sites (tertiary alicyclic amines) is 1. The highest BCUT2D eigenvalue weighted by Crippen LogP contribution is 2.24. The van der Waals surface area contributed by atoms with E-state index in [0.717, 1.165) is 24.2 Å². The first kappa shape index (κ1) is 19.9. The number of ether oxygens (including phenoxy) is 1. The Morgan fingerprint density at radius 3 is 2.43 bits per heavy atom. The Balaban J connectivity index is 1.49. The van der Waals surface area contributed by atoms with Crippen molar-refractivity contribution in [1.82, 2.24) is 9.80 Å². The molecule has 0 unspecified atom stereocenters. The van der Waals surface area contributed by atoms with Gasteiger partial charge in [0.2, 0.25) is 5.91 Å². The standard InChI is InChI=1S/C23H28N2O3/c1-17-9-10-18(2)21(15-17)28-20-11-13-25(14-12-20)22(26)16-24(3)23(27)19-7-5-4-6-8-19/h4-10,15,20H,11-14,16H2,1-3H3. The number of hydrogen-bond acceptors (Lipinski definition) is 3. The van der Waals surface area contributed by atoms with Crippen molar-refractivity contribution in [2.45, 2.75) is 32.8 Å². The molecule has 2 aromatic carbocycles. The van der Waals surface area contributed by atoms with Gasteiger partial charge >= 0.3 is 0 Å². The van der Waals surface area contributed by atoms with Crippen molar-refractivity contribution in [3.05, 3.63) is 65.2 Å². The molecule has 1 fully saturated rings. The summed E-state index contributed by atoms with van der Waals surface area (Å²) in [7, 11) is 1.67. The normalized spacial score (nSPS) is 14.6. The summed E-state index contributed by atoms with van der Waals surface area (Å²) in [5.74, 6) is 0.775. The van der Waals surface area contributed by atoms with E-state index in [1.54, 1.807) is 19.2 Å². The Bertz CT molecular complexity index is 827. The second kappa shape index (κ2) is 8.91. The van der Waals surface area contributed by atoms with E-state index in [2.05, 4.69) is 25.1 Å². The van der Waals surface area contributed by atoms with E-state index in [1.807, 2.05) is 30.0 Å². The van der Waals surface area contributed by atoms with Crippen molar-refractivity contribution < 1.29 is 14.3 Å². The molecule has 0 aromatic heterocycles. The topological polar surface area (TPSA) is 49.9 Å². The van der Waals surface area contributed by atoms with E-state index in [-0.39, 0.29) is 24.5 Å². The van der Waals surface area contributed by atoms with Gasteiger partial charge in [-0.1, -0.05) is 30.3 Å². The molecule has 0 saturated carbocycles. The fourth-order valence-electron chi connectivity index (χ4n) is 3.41. The minimum Gasteiger partial charge on any atom is -0.490 e. The van der Waals surface area contributed by atoms with Gasteiger partial charge in [-0.3, -0.25) is 9.59 Å². The molecule has 2 amide bonds. The molecular formula is C23H28N2O3. The van der Waals surface area contributed by atoms with Gasteiger partial charge in [-0.15, -0.1) is 0 Å². The number of carbonyl (C=O) groups excluding carboxylic acids is 2. The second-order valence-electron chi connectivity index (χ2n) is 7.49. The van der Waals surface area contributed by atoms with Crippen LogP contribution in [0.5, 0.6) is 5.75 Å². The molecule has 1 saturated heterocycles. The monoisotopic (exact) mass is 380 g/mol. The van der Waals surface area contributed by atoms with E-state index in [1.165, 1.54) is 10.5 Å². The summed E-state index contributed by atoms with van der Waals surface area (Å²) in [6.07, 6.45) is 1.72. The molecule has 1 heterocycles. The minimum absolute atomic E-state index is 0.0167. The van der Waals surface area contributed by atoms with Gasteiger partial charge in [-0.05, 0) is 43.2 Å². The number of rotatable bonds is 5. The highest BCUT2D eigenvalue weighted by Gasteiger charge is 2.26. The fourth-order valence-corrected chi connectivity index (χ4v) is 3.41. The van der Waals surface area contributed by atoms with E-state index in [4.69, 9.17) is 4.74 Å². The number of benzene rings is 2. The zero-order valence-electron chi connectivity index (χ0n) is 16.9. The molecule has 3 rings (SSSR count). The predicted molar refractivity (Wildman–Crippen MR) is 110 cm³/mol. The number of nitrogens with zero attached hydrogens (tertiary/aromatic N) is 2. The van der Waals surface area contributed by atoms with Crippen molar-refractivity contribution in [3.8, 4) is 5.75 Å². The Kier molecular flexibility index (Phi) is 6.34. The highest BCUT2D eigenvalue weighted by atomic mass is 16.5. The average Bonchev–Trinajstić information content (AvgIpc) is 2.71. The Hall–Kier alpha value is -2.82. The van der Waals surface area contributed by atoms with E-state index >= 15 is 0 Å². The number of likely N-dealkylation sites (N-methyl/N-ethyl adjacent to an activating group) is 1. The molecule has 0 spiro atoms. The Labute approximate surface area is 166 Å². The van der Waals surface area contributed by atoms with E-state index < -0.39 is 0 Å². The molecule has 0 N–H and O–H groups in total. The van der Waals surface area contributed by atoms with Gasteiger partial charge in [0.15, 0.2) is 0 Å². The van der Waals surface area contributed by atoms with Crippen molar-refractivity contribution in [3.63, 3.8) is 0 Å². The summed E-state index contributed by atoms with van der Waals surface area (Å²) in [6.45, 7) is 5.51. The molecule has 0 aliphatic carbocycles. The predicted octanol–water partition coefficient (Wildman–Crippen LogP) is 3.45. The van der Waals surface area contributed by atoms with Crippen LogP contribution >= 0.6 is 0 Å². The van der Waals surface area contributed by atoms with Crippen molar-refractivity contribution in [2.75, 3.05) is 26.7 Å². The molecule has 0 radical (unpaired) electrons. The SMILES string of the molecule is Cc1ccc(C)c(OC2CCN(C(=O)CN(C)C(=O)c3ccccc3)CC2)c1. The molecule has 1 aliphatic heterocycles. The molecule has 0 bridgehead atoms. The maximum atomic E-state index is 12.6. The molecule has 5 nitrogen and oxygen atoms in total. The van der Waals surface area contributed by atoms with Crippen LogP contribution in [0.25, 0.3) is 0 Å². The molecule has 2 aromatic rings. The van der Waals surface area contributed by atoms with Gasteiger partial charge < -0.3 is 14.5 Å². The summed E-state index contributed by atoms with van der Waals surface area (Å²) in [5.41, 5.74) is 2.91. The second-order valence-corrected chi connectivity index (χ2v) is 7.49. The number of piperidine rings is 1. The molecule has 28 heavy (non-hydrogen) atoms. The van der Waals surface area contributed by atoms with Crippen LogP contribution in [0.3, 0.4) is 0 Å². The van der Waals surface area contributed by atoms with E-state index in [0.29, 0.717) is 18.7 Å². The first-order valence-electron chi connectivity index (χ1n) is 9.76. The summed E-state index contributed by atoms with van der Waals surface area (Å²) in [5, 5.41) is 0. The summed E-state index contributed by atoms with van der Waals surface area (Å²) < 4.78 is 6.17. The van der Waals surface area contributed by atoms with Gasteiger partial charge in [0.05, 0.1) is 6.54 Å². The van der Waals surface area contributed by atoms with Crippen molar-refractivity contribution in [2.24, 2.45) is 0 Å². The number of aryl methyl sites for hydroxylation is 2. The lowest BCUT2D eigenvalue weighted by Gasteiger charge is -2.33. The van der Waals surface area contributed by atoms with Crippen molar-refractivity contribution in [1.29, 1.82) is 0 Å². The molecule has 5 heteroatoms. The zero-order valence-corrected chi connectivity index (χ0v) is 16.9. The first-order valence-corrected chi connectivity index (χ1v) is 9.76. The van der Waals surface area contributed by atoms with Crippen LogP contribution in [-0.4, -0.2) is 54.4 Å². The number of amides is 2. The molecular weight excluding hydrogens is 352 g/mol. The summed E-state index contributed by atoms with van der Waals surface area (Å²) in [6, 6.07) is 15.3. The van der Waals surface area contributed by atoms with Gasteiger partial charge in [0.25, 0.3) is 5.91 Å². The number of hydrogen-bond donors (Lipinski definition) is 0. The van der Waals surface area contributed by atoms with Crippen molar-refractivity contribution >= 4 is 11.8 Å².